The highest BCUT2D eigenvalue weighted by atomic mass is 32.1. The molecule has 1 unspecified atom stereocenters. The lowest BCUT2D eigenvalue weighted by Gasteiger charge is -2.32. The number of morpholine rings is 1. The Morgan fingerprint density at radius 2 is 2.15 bits per heavy atom. The summed E-state index contributed by atoms with van der Waals surface area (Å²) in [6, 6.07) is 11.4. The van der Waals surface area contributed by atoms with Gasteiger partial charge in [0.25, 0.3) is 0 Å². The third-order valence-electron chi connectivity index (χ3n) is 4.21. The molecule has 1 atom stereocenters. The normalized spacial score (nSPS) is 16.9. The predicted molar refractivity (Wildman–Crippen MR) is 102 cm³/mol. The molecule has 1 aliphatic rings. The van der Waals surface area contributed by atoms with Crippen LogP contribution in [0.2, 0.25) is 0 Å². The van der Waals surface area contributed by atoms with Crippen LogP contribution in [0.15, 0.2) is 41.8 Å². The molecule has 1 aliphatic heterocycles. The van der Waals surface area contributed by atoms with E-state index in [1.807, 2.05) is 30.3 Å². The molecular weight excluding hydrogens is 366 g/mol. The summed E-state index contributed by atoms with van der Waals surface area (Å²) in [6.07, 6.45) is -0.421. The van der Waals surface area contributed by atoms with Crippen LogP contribution in [0.25, 0.3) is 0 Å². The summed E-state index contributed by atoms with van der Waals surface area (Å²) in [5.74, 6) is -0.419. The second-order valence-electron chi connectivity index (χ2n) is 6.28. The smallest absolute Gasteiger partial charge is 0.410 e. The number of nitrogens with one attached hydrogen (secondary N) is 1. The first-order chi connectivity index (χ1) is 13.1. The second-order valence-corrected chi connectivity index (χ2v) is 7.27. The number of carbonyl (C=O) groups excluding carboxylic acids is 2. The van der Waals surface area contributed by atoms with Crippen molar-refractivity contribution in [2.45, 2.75) is 19.3 Å². The number of ether oxygens (including phenoxy) is 2. The molecule has 0 saturated carbocycles. The van der Waals surface area contributed by atoms with Crippen LogP contribution in [-0.4, -0.2) is 49.2 Å². The highest BCUT2D eigenvalue weighted by Crippen LogP contribution is 2.14. The van der Waals surface area contributed by atoms with Gasteiger partial charge in [0.05, 0.1) is 24.8 Å². The summed E-state index contributed by atoms with van der Waals surface area (Å²) in [6.45, 7) is 2.98. The third-order valence-corrected chi connectivity index (χ3v) is 5.15. The minimum absolute atomic E-state index is 0.0985. The van der Waals surface area contributed by atoms with Crippen molar-refractivity contribution < 1.29 is 19.1 Å². The van der Waals surface area contributed by atoms with Crippen molar-refractivity contribution in [3.8, 4) is 0 Å². The highest BCUT2D eigenvalue weighted by Gasteiger charge is 2.25. The van der Waals surface area contributed by atoms with Crippen LogP contribution < -0.4 is 11.1 Å². The van der Waals surface area contributed by atoms with Crippen molar-refractivity contribution >= 4 is 23.3 Å². The number of rotatable bonds is 7. The van der Waals surface area contributed by atoms with Gasteiger partial charge in [0.2, 0.25) is 5.91 Å². The molecule has 0 bridgehead atoms. The first-order valence-electron chi connectivity index (χ1n) is 8.77. The summed E-state index contributed by atoms with van der Waals surface area (Å²) >= 11 is 1.49. The van der Waals surface area contributed by atoms with Crippen LogP contribution in [0.5, 0.6) is 0 Å². The maximum absolute atomic E-state index is 12.3. The van der Waals surface area contributed by atoms with Crippen LogP contribution in [0.1, 0.15) is 20.8 Å². The molecule has 1 saturated heterocycles. The lowest BCUT2D eigenvalue weighted by molar-refractivity contribution is -0.0271. The highest BCUT2D eigenvalue weighted by molar-refractivity contribution is 7.10. The molecule has 144 valence electrons. The van der Waals surface area contributed by atoms with Gasteiger partial charge in [-0.15, -0.1) is 11.3 Å². The number of hydrogen-bond acceptors (Lipinski definition) is 6. The molecule has 3 rings (SSSR count). The van der Waals surface area contributed by atoms with Crippen molar-refractivity contribution in [3.05, 3.63) is 57.8 Å². The lowest BCUT2D eigenvalue weighted by atomic mass is 10.2. The number of hydrogen-bond donors (Lipinski definition) is 2. The van der Waals surface area contributed by atoms with Gasteiger partial charge < -0.3 is 25.4 Å². The lowest BCUT2D eigenvalue weighted by Crippen LogP contribution is -2.49. The largest absolute Gasteiger partial charge is 0.445 e. The van der Waals surface area contributed by atoms with Gasteiger partial charge >= 0.3 is 6.09 Å². The predicted octanol–water partition coefficient (Wildman–Crippen LogP) is 1.97. The van der Waals surface area contributed by atoms with E-state index in [0.717, 1.165) is 10.4 Å². The van der Waals surface area contributed by atoms with Gasteiger partial charge in [-0.25, -0.2) is 4.79 Å². The zero-order valence-corrected chi connectivity index (χ0v) is 15.7. The zero-order chi connectivity index (χ0) is 19.1. The third kappa shape index (κ3) is 5.78. The quantitative estimate of drug-likeness (QED) is 0.755. The van der Waals surface area contributed by atoms with E-state index < -0.39 is 5.91 Å². The van der Waals surface area contributed by atoms with Crippen LogP contribution in [0, 0.1) is 0 Å². The molecule has 0 spiro atoms. The van der Waals surface area contributed by atoms with Crippen molar-refractivity contribution in [2.75, 3.05) is 26.2 Å². The van der Waals surface area contributed by atoms with Gasteiger partial charge in [-0.3, -0.25) is 4.79 Å². The Balaban J connectivity index is 1.40. The van der Waals surface area contributed by atoms with Gasteiger partial charge in [-0.1, -0.05) is 30.3 Å². The summed E-state index contributed by atoms with van der Waals surface area (Å²) < 4.78 is 11.1. The number of benzene rings is 1. The molecule has 2 heterocycles. The first-order valence-corrected chi connectivity index (χ1v) is 9.65. The van der Waals surface area contributed by atoms with Crippen LogP contribution >= 0.6 is 11.3 Å². The molecular formula is C19H23N3O4S. The number of primary amides is 1. The van der Waals surface area contributed by atoms with E-state index >= 15 is 0 Å². The Morgan fingerprint density at radius 3 is 2.89 bits per heavy atom. The minimum atomic E-state index is -0.419. The van der Waals surface area contributed by atoms with Gasteiger partial charge in [0, 0.05) is 29.9 Å². The Morgan fingerprint density at radius 1 is 1.33 bits per heavy atom. The topological polar surface area (TPSA) is 93.9 Å². The second kappa shape index (κ2) is 9.50. The summed E-state index contributed by atoms with van der Waals surface area (Å²) in [7, 11) is 0. The van der Waals surface area contributed by atoms with E-state index in [1.54, 1.807) is 16.3 Å². The van der Waals surface area contributed by atoms with Crippen molar-refractivity contribution in [1.82, 2.24) is 10.2 Å². The number of amides is 2. The van der Waals surface area contributed by atoms with Crippen LogP contribution in [-0.2, 0) is 22.6 Å². The monoisotopic (exact) mass is 389 g/mol. The van der Waals surface area contributed by atoms with Crippen molar-refractivity contribution in [2.24, 2.45) is 5.73 Å². The Labute approximate surface area is 162 Å². The molecule has 2 amide bonds. The van der Waals surface area contributed by atoms with E-state index in [1.165, 1.54) is 11.3 Å². The number of nitrogens with two attached hydrogens (primary N) is 1. The van der Waals surface area contributed by atoms with Gasteiger partial charge in [-0.2, -0.15) is 0 Å². The van der Waals surface area contributed by atoms with Gasteiger partial charge in [0.15, 0.2) is 0 Å². The fraction of sp³-hybridized carbons (Fsp3) is 0.368. The molecule has 0 aliphatic carbocycles. The maximum atomic E-state index is 12.3. The molecule has 1 aromatic carbocycles. The average Bonchev–Trinajstić information content (AvgIpc) is 3.16. The fourth-order valence-electron chi connectivity index (χ4n) is 2.78. The van der Waals surface area contributed by atoms with E-state index in [2.05, 4.69) is 5.32 Å². The Bertz CT molecular complexity index is 765. The Hall–Kier alpha value is -2.42. The van der Waals surface area contributed by atoms with Gasteiger partial charge in [0.1, 0.15) is 6.61 Å². The standard InChI is InChI=1S/C19H23N3O4S/c20-18(23)15-8-17(27-13-15)10-21-9-16-11-22(6-7-25-16)19(24)26-12-14-4-2-1-3-5-14/h1-5,8,13,16,21H,6-7,9-12H2,(H2,20,23). The van der Waals surface area contributed by atoms with Gasteiger partial charge in [-0.05, 0) is 11.6 Å². The molecule has 1 aromatic heterocycles. The van der Waals surface area contributed by atoms with Crippen LogP contribution in [0.4, 0.5) is 4.79 Å². The summed E-state index contributed by atoms with van der Waals surface area (Å²) in [5.41, 5.74) is 6.74. The summed E-state index contributed by atoms with van der Waals surface area (Å²) in [5, 5.41) is 5.05. The fourth-order valence-corrected chi connectivity index (χ4v) is 3.62. The van der Waals surface area contributed by atoms with E-state index in [9.17, 15) is 9.59 Å². The van der Waals surface area contributed by atoms with E-state index in [0.29, 0.717) is 38.3 Å². The zero-order valence-electron chi connectivity index (χ0n) is 14.9. The minimum Gasteiger partial charge on any atom is -0.445 e. The average molecular weight is 389 g/mol. The number of carbonyl (C=O) groups is 2. The molecule has 2 aromatic rings. The first kappa shape index (κ1) is 19.3. The number of nitrogens with zero attached hydrogens (tertiary/aromatic N) is 1. The molecule has 3 N–H and O–H groups in total. The van der Waals surface area contributed by atoms with Crippen molar-refractivity contribution in [3.63, 3.8) is 0 Å². The summed E-state index contributed by atoms with van der Waals surface area (Å²) in [4.78, 5) is 26.1. The molecule has 8 heteroatoms. The Kier molecular flexibility index (Phi) is 6.80. The SMILES string of the molecule is NC(=O)c1csc(CNCC2CN(C(=O)OCc3ccccc3)CCO2)c1. The van der Waals surface area contributed by atoms with E-state index in [4.69, 9.17) is 15.2 Å². The maximum Gasteiger partial charge on any atom is 0.410 e. The van der Waals surface area contributed by atoms with E-state index in [-0.39, 0.29) is 18.8 Å². The van der Waals surface area contributed by atoms with Crippen molar-refractivity contribution in [1.29, 1.82) is 0 Å². The molecule has 0 radical (unpaired) electrons. The van der Waals surface area contributed by atoms with Crippen LogP contribution in [0.3, 0.4) is 0 Å². The molecule has 27 heavy (non-hydrogen) atoms. The number of thiophene rings is 1. The molecule has 7 nitrogen and oxygen atoms in total. The molecule has 1 fully saturated rings.